The molecular formula is C29H33N3O5Si. The Labute approximate surface area is 223 Å². The van der Waals surface area contributed by atoms with Gasteiger partial charge in [0.2, 0.25) is 0 Å². The minimum Gasteiger partial charge on any atom is -0.455 e. The zero-order chi connectivity index (χ0) is 27.2. The number of carbonyl (C=O) groups is 1. The maximum absolute atomic E-state index is 12.8. The fourth-order valence-electron chi connectivity index (χ4n) is 5.05. The van der Waals surface area contributed by atoms with Crippen molar-refractivity contribution in [2.24, 2.45) is 5.11 Å². The molecule has 198 valence electrons. The van der Waals surface area contributed by atoms with Crippen molar-refractivity contribution in [1.82, 2.24) is 0 Å². The van der Waals surface area contributed by atoms with Gasteiger partial charge in [0.25, 0.3) is 8.32 Å². The van der Waals surface area contributed by atoms with Crippen molar-refractivity contribution in [3.63, 3.8) is 0 Å². The van der Waals surface area contributed by atoms with Crippen LogP contribution in [0.4, 0.5) is 0 Å². The highest BCUT2D eigenvalue weighted by atomic mass is 28.4. The van der Waals surface area contributed by atoms with Gasteiger partial charge in [0, 0.05) is 4.91 Å². The predicted octanol–water partition coefficient (Wildman–Crippen LogP) is 4.23. The monoisotopic (exact) mass is 531 g/mol. The maximum Gasteiger partial charge on any atom is 0.338 e. The quantitative estimate of drug-likeness (QED) is 0.154. The van der Waals surface area contributed by atoms with E-state index in [1.807, 2.05) is 36.4 Å². The van der Waals surface area contributed by atoms with Gasteiger partial charge in [0.05, 0.1) is 18.8 Å². The van der Waals surface area contributed by atoms with Gasteiger partial charge < -0.3 is 19.0 Å². The van der Waals surface area contributed by atoms with Crippen LogP contribution in [0, 0.1) is 0 Å². The van der Waals surface area contributed by atoms with E-state index in [-0.39, 0.29) is 18.3 Å². The molecule has 0 spiro atoms. The first-order valence-corrected chi connectivity index (χ1v) is 14.5. The normalized spacial score (nSPS) is 21.8. The molecule has 0 aliphatic carbocycles. The number of benzene rings is 3. The summed E-state index contributed by atoms with van der Waals surface area (Å²) < 4.78 is 18.5. The van der Waals surface area contributed by atoms with Gasteiger partial charge in [-0.3, -0.25) is 0 Å². The van der Waals surface area contributed by atoms with Crippen molar-refractivity contribution in [1.29, 1.82) is 0 Å². The molecule has 3 aromatic rings. The Bertz CT molecular complexity index is 1210. The number of nitrogens with zero attached hydrogens (tertiary/aromatic N) is 3. The molecule has 38 heavy (non-hydrogen) atoms. The molecule has 1 saturated heterocycles. The number of azide groups is 1. The number of aliphatic hydroxyl groups excluding tert-OH is 1. The van der Waals surface area contributed by atoms with E-state index in [0.717, 1.165) is 10.4 Å². The number of rotatable bonds is 8. The van der Waals surface area contributed by atoms with E-state index < -0.39 is 38.6 Å². The number of esters is 1. The SMILES string of the molecule is CC(C)(C)[Si](OC[C@H]1OC[C@H](N=[N+]=[N-])[C@@H](OC(=O)c2ccccc2)[C@@H]1O)(c1ccccc1)c1ccccc1. The summed E-state index contributed by atoms with van der Waals surface area (Å²) >= 11 is 0. The first kappa shape index (κ1) is 27.6. The van der Waals surface area contributed by atoms with E-state index in [9.17, 15) is 9.90 Å². The molecule has 0 amide bonds. The molecule has 0 saturated carbocycles. The summed E-state index contributed by atoms with van der Waals surface area (Å²) in [7, 11) is -2.88. The van der Waals surface area contributed by atoms with Crippen molar-refractivity contribution in [2.75, 3.05) is 13.2 Å². The number of hydrogen-bond acceptors (Lipinski definition) is 6. The van der Waals surface area contributed by atoms with Crippen LogP contribution in [-0.4, -0.2) is 57.0 Å². The van der Waals surface area contributed by atoms with Gasteiger partial charge in [0.15, 0.2) is 0 Å². The molecule has 1 aliphatic rings. The van der Waals surface area contributed by atoms with Crippen molar-refractivity contribution in [3.8, 4) is 0 Å². The third-order valence-electron chi connectivity index (χ3n) is 6.91. The maximum atomic E-state index is 12.8. The summed E-state index contributed by atoms with van der Waals surface area (Å²) in [4.78, 5) is 15.7. The smallest absolute Gasteiger partial charge is 0.338 e. The summed E-state index contributed by atoms with van der Waals surface area (Å²) in [6.45, 7) is 6.55. The van der Waals surface area contributed by atoms with E-state index in [2.05, 4.69) is 55.1 Å². The Morgan fingerprint density at radius 2 is 1.53 bits per heavy atom. The van der Waals surface area contributed by atoms with Crippen LogP contribution in [0.3, 0.4) is 0 Å². The van der Waals surface area contributed by atoms with Crippen molar-refractivity contribution < 1.29 is 23.8 Å². The molecular weight excluding hydrogens is 498 g/mol. The van der Waals surface area contributed by atoms with Crippen LogP contribution in [0.1, 0.15) is 31.1 Å². The zero-order valence-corrected chi connectivity index (χ0v) is 22.8. The molecule has 0 unspecified atom stereocenters. The van der Waals surface area contributed by atoms with E-state index in [1.165, 1.54) is 0 Å². The van der Waals surface area contributed by atoms with Crippen molar-refractivity contribution in [2.45, 2.75) is 50.2 Å². The Hall–Kier alpha value is -3.46. The predicted molar refractivity (Wildman–Crippen MR) is 148 cm³/mol. The van der Waals surface area contributed by atoms with Crippen LogP contribution >= 0.6 is 0 Å². The Morgan fingerprint density at radius 3 is 2.03 bits per heavy atom. The summed E-state index contributed by atoms with van der Waals surface area (Å²) in [5.41, 5.74) is 9.39. The first-order chi connectivity index (χ1) is 18.3. The fraction of sp³-hybridized carbons (Fsp3) is 0.345. The average Bonchev–Trinajstić information content (AvgIpc) is 2.93. The lowest BCUT2D eigenvalue weighted by Crippen LogP contribution is -2.68. The van der Waals surface area contributed by atoms with Gasteiger partial charge in [-0.1, -0.05) is 105 Å². The molecule has 9 heteroatoms. The van der Waals surface area contributed by atoms with Crippen LogP contribution in [-0.2, 0) is 13.9 Å². The standard InChI is InChI=1S/C29H33N3O5Si/c1-29(2,3)38(22-15-9-5-10-16-22,23-17-11-6-12-18-23)36-20-25-26(33)27(24(19-35-25)31-32-30)37-28(34)21-13-7-4-8-14-21/h4-18,24-27,33H,19-20H2,1-3H3/t24-,25+,26+,27+/m0/s1. The van der Waals surface area contributed by atoms with Crippen molar-refractivity contribution >= 4 is 24.7 Å². The molecule has 1 fully saturated rings. The largest absolute Gasteiger partial charge is 0.455 e. The molecule has 3 aromatic carbocycles. The third-order valence-corrected chi connectivity index (χ3v) is 11.9. The second-order valence-electron chi connectivity index (χ2n) is 10.3. The van der Waals surface area contributed by atoms with Crippen LogP contribution in [0.5, 0.6) is 0 Å². The Balaban J connectivity index is 1.63. The van der Waals surface area contributed by atoms with Crippen molar-refractivity contribution in [3.05, 3.63) is 107 Å². The summed E-state index contributed by atoms with van der Waals surface area (Å²) in [6, 6.07) is 28.0. The molecule has 4 rings (SSSR count). The highest BCUT2D eigenvalue weighted by molar-refractivity contribution is 6.99. The molecule has 4 atom stereocenters. The Morgan fingerprint density at radius 1 is 1.00 bits per heavy atom. The van der Waals surface area contributed by atoms with Crippen LogP contribution in [0.25, 0.3) is 10.4 Å². The second kappa shape index (κ2) is 11.9. The highest BCUT2D eigenvalue weighted by Gasteiger charge is 2.51. The van der Waals surface area contributed by atoms with Crippen LogP contribution < -0.4 is 10.4 Å². The number of aliphatic hydroxyl groups is 1. The van der Waals surface area contributed by atoms with Crippen LogP contribution in [0.15, 0.2) is 96.1 Å². The molecule has 0 radical (unpaired) electrons. The van der Waals surface area contributed by atoms with E-state index in [1.54, 1.807) is 30.3 Å². The third kappa shape index (κ3) is 5.67. The number of carbonyl (C=O) groups excluding carboxylic acids is 1. The lowest BCUT2D eigenvalue weighted by Gasteiger charge is -2.45. The lowest BCUT2D eigenvalue weighted by molar-refractivity contribution is -0.156. The van der Waals surface area contributed by atoms with Crippen LogP contribution in [0.2, 0.25) is 5.04 Å². The van der Waals surface area contributed by atoms with Gasteiger partial charge in [-0.25, -0.2) is 4.79 Å². The molecule has 1 heterocycles. The van der Waals surface area contributed by atoms with E-state index in [0.29, 0.717) is 5.56 Å². The topological polar surface area (TPSA) is 114 Å². The van der Waals surface area contributed by atoms with Gasteiger partial charge >= 0.3 is 5.97 Å². The lowest BCUT2D eigenvalue weighted by atomic mass is 9.98. The van der Waals surface area contributed by atoms with Gasteiger partial charge in [-0.2, -0.15) is 0 Å². The summed E-state index contributed by atoms with van der Waals surface area (Å²) in [5.74, 6) is -0.610. The zero-order valence-electron chi connectivity index (χ0n) is 21.8. The minimum absolute atomic E-state index is 0.0113. The molecule has 1 aliphatic heterocycles. The molecule has 0 aromatic heterocycles. The molecule has 0 bridgehead atoms. The average molecular weight is 532 g/mol. The van der Waals surface area contributed by atoms with Gasteiger partial charge in [-0.05, 0) is 33.1 Å². The summed E-state index contributed by atoms with van der Waals surface area (Å²) in [5, 5.41) is 17.0. The second-order valence-corrected chi connectivity index (χ2v) is 14.7. The van der Waals surface area contributed by atoms with E-state index in [4.69, 9.17) is 19.4 Å². The molecule has 8 nitrogen and oxygen atoms in total. The Kier molecular flexibility index (Phi) is 8.66. The fourth-order valence-corrected chi connectivity index (χ4v) is 9.62. The summed E-state index contributed by atoms with van der Waals surface area (Å²) in [6.07, 6.45) is -3.14. The van der Waals surface area contributed by atoms with Gasteiger partial charge in [0.1, 0.15) is 24.4 Å². The highest BCUT2D eigenvalue weighted by Crippen LogP contribution is 2.37. The molecule has 1 N–H and O–H groups in total. The van der Waals surface area contributed by atoms with E-state index >= 15 is 0 Å². The number of hydrogen-bond donors (Lipinski definition) is 1. The minimum atomic E-state index is -2.88. The first-order valence-electron chi connectivity index (χ1n) is 12.6. The van der Waals surface area contributed by atoms with Gasteiger partial charge in [-0.15, -0.1) is 0 Å². The number of ether oxygens (including phenoxy) is 2.